The predicted octanol–water partition coefficient (Wildman–Crippen LogP) is 0.500. The maximum absolute atomic E-state index is 12.5. The molecule has 1 aromatic carbocycles. The highest BCUT2D eigenvalue weighted by Crippen LogP contribution is 2.23. The van der Waals surface area contributed by atoms with Gasteiger partial charge in [-0.1, -0.05) is 0 Å². The van der Waals surface area contributed by atoms with Gasteiger partial charge in [-0.2, -0.15) is 0 Å². The number of anilines is 2. The summed E-state index contributed by atoms with van der Waals surface area (Å²) in [5.41, 5.74) is 12.6. The molecule has 1 aliphatic heterocycles. The summed E-state index contributed by atoms with van der Waals surface area (Å²) in [6.07, 6.45) is 0.483. The topological polar surface area (TPSA) is 106 Å². The lowest BCUT2D eigenvalue weighted by Crippen LogP contribution is -2.41. The van der Waals surface area contributed by atoms with Gasteiger partial charge >= 0.3 is 0 Å². The van der Waals surface area contributed by atoms with Crippen LogP contribution in [0.5, 0.6) is 0 Å². The van der Waals surface area contributed by atoms with Crippen molar-refractivity contribution < 1.29 is 13.2 Å². The van der Waals surface area contributed by atoms with Crippen molar-refractivity contribution in [2.24, 2.45) is 0 Å². The Balaban J connectivity index is 2.26. The first-order valence-corrected chi connectivity index (χ1v) is 8.32. The molecule has 4 N–H and O–H groups in total. The zero-order chi connectivity index (χ0) is 14.9. The number of nitrogens with zero attached hydrogens (tertiary/aromatic N) is 1. The van der Waals surface area contributed by atoms with Crippen LogP contribution in [-0.2, 0) is 9.84 Å². The first kappa shape index (κ1) is 14.6. The SMILES string of the molecule is CCN(C(=O)c1ccc(N)cc1N)C1CCS(=O)(=O)C1. The molecular formula is C13H19N3O3S. The minimum atomic E-state index is -3.03. The Morgan fingerprint density at radius 3 is 2.60 bits per heavy atom. The Morgan fingerprint density at radius 2 is 2.10 bits per heavy atom. The van der Waals surface area contributed by atoms with Crippen molar-refractivity contribution in [3.05, 3.63) is 23.8 Å². The van der Waals surface area contributed by atoms with Gasteiger partial charge in [-0.3, -0.25) is 4.79 Å². The summed E-state index contributed by atoms with van der Waals surface area (Å²) in [6.45, 7) is 2.28. The van der Waals surface area contributed by atoms with Gasteiger partial charge < -0.3 is 16.4 Å². The molecule has 0 radical (unpaired) electrons. The van der Waals surface area contributed by atoms with E-state index in [0.29, 0.717) is 29.9 Å². The molecule has 2 rings (SSSR count). The zero-order valence-electron chi connectivity index (χ0n) is 11.4. The van der Waals surface area contributed by atoms with Crippen molar-refractivity contribution in [3.63, 3.8) is 0 Å². The Labute approximate surface area is 118 Å². The Bertz CT molecular complexity index is 628. The molecule has 20 heavy (non-hydrogen) atoms. The third-order valence-electron chi connectivity index (χ3n) is 3.56. The van der Waals surface area contributed by atoms with Crippen LogP contribution in [0.4, 0.5) is 11.4 Å². The first-order chi connectivity index (χ1) is 9.34. The molecule has 0 spiro atoms. The average molecular weight is 297 g/mol. The molecule has 6 nitrogen and oxygen atoms in total. The highest BCUT2D eigenvalue weighted by atomic mass is 32.2. The van der Waals surface area contributed by atoms with Crippen LogP contribution in [-0.4, -0.2) is 43.3 Å². The van der Waals surface area contributed by atoms with Crippen LogP contribution in [0.1, 0.15) is 23.7 Å². The fourth-order valence-corrected chi connectivity index (χ4v) is 4.25. The second kappa shape index (κ2) is 5.32. The van der Waals surface area contributed by atoms with Crippen LogP contribution >= 0.6 is 0 Å². The van der Waals surface area contributed by atoms with E-state index in [1.165, 1.54) is 6.07 Å². The number of rotatable bonds is 3. The van der Waals surface area contributed by atoms with Gasteiger partial charge in [-0.05, 0) is 31.5 Å². The maximum Gasteiger partial charge on any atom is 0.256 e. The van der Waals surface area contributed by atoms with Gasteiger partial charge in [0.2, 0.25) is 0 Å². The van der Waals surface area contributed by atoms with Crippen molar-refractivity contribution >= 4 is 27.1 Å². The Morgan fingerprint density at radius 1 is 1.40 bits per heavy atom. The molecule has 110 valence electrons. The minimum Gasteiger partial charge on any atom is -0.399 e. The summed E-state index contributed by atoms with van der Waals surface area (Å²) in [4.78, 5) is 14.1. The monoisotopic (exact) mass is 297 g/mol. The van der Waals surface area contributed by atoms with E-state index in [-0.39, 0.29) is 23.5 Å². The van der Waals surface area contributed by atoms with E-state index in [1.54, 1.807) is 17.0 Å². The van der Waals surface area contributed by atoms with E-state index < -0.39 is 9.84 Å². The third-order valence-corrected chi connectivity index (χ3v) is 5.31. The molecule has 1 fully saturated rings. The number of hydrogen-bond acceptors (Lipinski definition) is 5. The summed E-state index contributed by atoms with van der Waals surface area (Å²) < 4.78 is 23.1. The second-order valence-electron chi connectivity index (χ2n) is 4.99. The molecule has 1 aromatic rings. The van der Waals surface area contributed by atoms with Crippen LogP contribution in [0.2, 0.25) is 0 Å². The van der Waals surface area contributed by atoms with E-state index in [4.69, 9.17) is 11.5 Å². The molecule has 1 heterocycles. The van der Waals surface area contributed by atoms with Gasteiger partial charge in [0.15, 0.2) is 9.84 Å². The fourth-order valence-electron chi connectivity index (χ4n) is 2.52. The van der Waals surface area contributed by atoms with E-state index >= 15 is 0 Å². The van der Waals surface area contributed by atoms with Crippen LogP contribution in [0.3, 0.4) is 0 Å². The van der Waals surface area contributed by atoms with Crippen molar-refractivity contribution in [1.29, 1.82) is 0 Å². The summed E-state index contributed by atoms with van der Waals surface area (Å²) in [6, 6.07) is 4.46. The normalized spacial score (nSPS) is 20.8. The lowest BCUT2D eigenvalue weighted by molar-refractivity contribution is 0.0709. The highest BCUT2D eigenvalue weighted by molar-refractivity contribution is 7.91. The standard InChI is InChI=1S/C13H19N3O3S/c1-2-16(10-5-6-20(18,19)8-10)13(17)11-4-3-9(14)7-12(11)15/h3-4,7,10H,2,5-6,8,14-15H2,1H3. The maximum atomic E-state index is 12.5. The highest BCUT2D eigenvalue weighted by Gasteiger charge is 2.34. The van der Waals surface area contributed by atoms with Gasteiger partial charge in [-0.15, -0.1) is 0 Å². The molecule has 1 saturated heterocycles. The predicted molar refractivity (Wildman–Crippen MR) is 79.0 cm³/mol. The van der Waals surface area contributed by atoms with Gasteiger partial charge in [-0.25, -0.2) is 8.42 Å². The molecule has 0 saturated carbocycles. The summed E-state index contributed by atoms with van der Waals surface area (Å²) in [5.74, 6) is -0.0766. The second-order valence-corrected chi connectivity index (χ2v) is 7.22. The first-order valence-electron chi connectivity index (χ1n) is 6.50. The number of carbonyl (C=O) groups excluding carboxylic acids is 1. The average Bonchev–Trinajstić information content (AvgIpc) is 2.70. The minimum absolute atomic E-state index is 0.0292. The van der Waals surface area contributed by atoms with Crippen molar-refractivity contribution in [2.45, 2.75) is 19.4 Å². The van der Waals surface area contributed by atoms with E-state index in [9.17, 15) is 13.2 Å². The van der Waals surface area contributed by atoms with Crippen LogP contribution in [0.15, 0.2) is 18.2 Å². The Kier molecular flexibility index (Phi) is 3.89. The Hall–Kier alpha value is -1.76. The van der Waals surface area contributed by atoms with Crippen LogP contribution in [0, 0.1) is 0 Å². The van der Waals surface area contributed by atoms with E-state index in [2.05, 4.69) is 0 Å². The number of sulfone groups is 1. The fraction of sp³-hybridized carbons (Fsp3) is 0.462. The summed E-state index contributed by atoms with van der Waals surface area (Å²) in [5, 5.41) is 0. The smallest absolute Gasteiger partial charge is 0.256 e. The molecule has 1 aliphatic rings. The number of hydrogen-bond donors (Lipinski definition) is 2. The number of nitrogen functional groups attached to an aromatic ring is 2. The number of nitrogens with two attached hydrogens (primary N) is 2. The lowest BCUT2D eigenvalue weighted by atomic mass is 10.1. The molecule has 0 bridgehead atoms. The molecule has 1 amide bonds. The zero-order valence-corrected chi connectivity index (χ0v) is 12.2. The third kappa shape index (κ3) is 2.87. The quantitative estimate of drug-likeness (QED) is 0.790. The summed E-state index contributed by atoms with van der Waals surface area (Å²) in [7, 11) is -3.03. The van der Waals surface area contributed by atoms with Gasteiger partial charge in [0.25, 0.3) is 5.91 Å². The molecule has 0 aromatic heterocycles. The van der Waals surface area contributed by atoms with Gasteiger partial charge in [0.05, 0.1) is 17.1 Å². The van der Waals surface area contributed by atoms with Gasteiger partial charge in [0, 0.05) is 24.0 Å². The van der Waals surface area contributed by atoms with Gasteiger partial charge in [0.1, 0.15) is 0 Å². The van der Waals surface area contributed by atoms with E-state index in [1.807, 2.05) is 6.92 Å². The number of carbonyl (C=O) groups is 1. The molecule has 7 heteroatoms. The number of benzene rings is 1. The molecule has 1 unspecified atom stereocenters. The largest absolute Gasteiger partial charge is 0.399 e. The lowest BCUT2D eigenvalue weighted by Gasteiger charge is -2.27. The molecular weight excluding hydrogens is 278 g/mol. The van der Waals surface area contributed by atoms with Crippen molar-refractivity contribution in [3.8, 4) is 0 Å². The van der Waals surface area contributed by atoms with Crippen LogP contribution in [0.25, 0.3) is 0 Å². The molecule has 1 atom stereocenters. The molecule has 0 aliphatic carbocycles. The van der Waals surface area contributed by atoms with Crippen molar-refractivity contribution in [1.82, 2.24) is 4.90 Å². The van der Waals surface area contributed by atoms with E-state index in [0.717, 1.165) is 0 Å². The van der Waals surface area contributed by atoms with Crippen LogP contribution < -0.4 is 11.5 Å². The number of amides is 1. The van der Waals surface area contributed by atoms with Crippen molar-refractivity contribution in [2.75, 3.05) is 29.5 Å². The summed E-state index contributed by atoms with van der Waals surface area (Å²) >= 11 is 0.